The quantitative estimate of drug-likeness (QED) is 0.668. The van der Waals surface area contributed by atoms with Gasteiger partial charge in [-0.15, -0.1) is 0 Å². The molecule has 0 amide bonds. The van der Waals surface area contributed by atoms with Crippen molar-refractivity contribution in [2.24, 2.45) is 7.05 Å². The predicted octanol–water partition coefficient (Wildman–Crippen LogP) is 2.34. The van der Waals surface area contributed by atoms with Crippen LogP contribution in [0.2, 0.25) is 0 Å². The maximum absolute atomic E-state index is 12.0. The van der Waals surface area contributed by atoms with Gasteiger partial charge in [-0.2, -0.15) is 5.10 Å². The minimum atomic E-state index is -0.0120. The van der Waals surface area contributed by atoms with Crippen molar-refractivity contribution in [3.05, 3.63) is 58.0 Å². The number of pyridine rings is 1. The maximum Gasteiger partial charge on any atom is 0.252 e. The Morgan fingerprint density at radius 2 is 1.79 bits per heavy atom. The van der Waals surface area contributed by atoms with Crippen LogP contribution in [0.4, 0.5) is 0 Å². The lowest BCUT2D eigenvalue weighted by molar-refractivity contribution is 0.811. The van der Waals surface area contributed by atoms with Crippen molar-refractivity contribution in [1.29, 1.82) is 0 Å². The molecule has 3 aromatic rings. The molecule has 0 radical (unpaired) electrons. The van der Waals surface area contributed by atoms with E-state index in [1.807, 2.05) is 48.9 Å². The van der Waals surface area contributed by atoms with E-state index in [1.54, 1.807) is 17.7 Å². The number of hydrogen-bond acceptors (Lipinski definition) is 2. The normalized spacial score (nSPS) is 11.1. The van der Waals surface area contributed by atoms with E-state index >= 15 is 0 Å². The molecule has 2 heterocycles. The molecule has 3 rings (SSSR count). The number of rotatable bonds is 1. The van der Waals surface area contributed by atoms with E-state index in [0.29, 0.717) is 0 Å². The summed E-state index contributed by atoms with van der Waals surface area (Å²) in [6.07, 6.45) is 0. The smallest absolute Gasteiger partial charge is 0.252 e. The van der Waals surface area contributed by atoms with Crippen LogP contribution in [0.1, 0.15) is 11.3 Å². The third-order valence-electron chi connectivity index (χ3n) is 3.42. The van der Waals surface area contributed by atoms with Gasteiger partial charge in [0.05, 0.1) is 11.4 Å². The largest absolute Gasteiger partial charge is 0.296 e. The first-order valence-electron chi connectivity index (χ1n) is 6.21. The molecule has 0 saturated carbocycles. The lowest BCUT2D eigenvalue weighted by Crippen LogP contribution is -2.18. The van der Waals surface area contributed by atoms with E-state index in [0.717, 1.165) is 28.0 Å². The zero-order valence-corrected chi connectivity index (χ0v) is 11.2. The fourth-order valence-corrected chi connectivity index (χ4v) is 2.49. The van der Waals surface area contributed by atoms with Crippen LogP contribution in [0, 0.1) is 13.8 Å². The van der Waals surface area contributed by atoms with Gasteiger partial charge < -0.3 is 0 Å². The maximum atomic E-state index is 12.0. The lowest BCUT2D eigenvalue weighted by Gasteiger charge is -2.07. The van der Waals surface area contributed by atoms with Crippen LogP contribution in [0.15, 0.2) is 41.2 Å². The molecule has 19 heavy (non-hydrogen) atoms. The Balaban J connectivity index is 2.49. The van der Waals surface area contributed by atoms with Crippen LogP contribution in [0.3, 0.4) is 0 Å². The Labute approximate surface area is 110 Å². The highest BCUT2D eigenvalue weighted by molar-refractivity contribution is 5.83. The van der Waals surface area contributed by atoms with Crippen molar-refractivity contribution < 1.29 is 0 Å². The zero-order chi connectivity index (χ0) is 13.6. The van der Waals surface area contributed by atoms with Crippen molar-refractivity contribution in [2.75, 3.05) is 0 Å². The van der Waals surface area contributed by atoms with Crippen LogP contribution in [-0.4, -0.2) is 14.3 Å². The van der Waals surface area contributed by atoms with Gasteiger partial charge in [0.15, 0.2) is 0 Å². The highest BCUT2D eigenvalue weighted by Gasteiger charge is 2.14. The van der Waals surface area contributed by atoms with Crippen molar-refractivity contribution in [2.45, 2.75) is 13.8 Å². The molecular weight excluding hydrogens is 238 g/mol. The molecule has 0 aliphatic rings. The molecule has 0 N–H and O–H groups in total. The minimum absolute atomic E-state index is 0.0120. The number of benzene rings is 1. The molecule has 0 atom stereocenters. The van der Waals surface area contributed by atoms with Crippen LogP contribution < -0.4 is 5.56 Å². The van der Waals surface area contributed by atoms with Crippen molar-refractivity contribution in [1.82, 2.24) is 14.3 Å². The van der Waals surface area contributed by atoms with E-state index in [4.69, 9.17) is 0 Å². The summed E-state index contributed by atoms with van der Waals surface area (Å²) >= 11 is 0. The fraction of sp³-hybridized carbons (Fsp3) is 0.200. The molecule has 4 nitrogen and oxygen atoms in total. The standard InChI is InChI=1S/C15H15N3O/c1-10-9-13(19)17(3)15-14(10)11(2)16-18(15)12-7-5-4-6-8-12/h4-9H,1-3H3. The van der Waals surface area contributed by atoms with Gasteiger partial charge in [-0.05, 0) is 31.5 Å². The Morgan fingerprint density at radius 3 is 2.47 bits per heavy atom. The average molecular weight is 253 g/mol. The monoisotopic (exact) mass is 253 g/mol. The van der Waals surface area contributed by atoms with Gasteiger partial charge in [-0.25, -0.2) is 4.68 Å². The van der Waals surface area contributed by atoms with E-state index in [1.165, 1.54) is 0 Å². The van der Waals surface area contributed by atoms with Gasteiger partial charge in [0.1, 0.15) is 5.65 Å². The molecule has 2 aromatic heterocycles. The van der Waals surface area contributed by atoms with Crippen LogP contribution in [0.5, 0.6) is 0 Å². The molecule has 1 aromatic carbocycles. The highest BCUT2D eigenvalue weighted by atomic mass is 16.1. The van der Waals surface area contributed by atoms with Crippen LogP contribution in [0.25, 0.3) is 16.7 Å². The van der Waals surface area contributed by atoms with Gasteiger partial charge in [-0.3, -0.25) is 9.36 Å². The number of nitrogens with zero attached hydrogens (tertiary/aromatic N) is 3. The Kier molecular flexibility index (Phi) is 2.52. The Morgan fingerprint density at radius 1 is 1.11 bits per heavy atom. The molecule has 0 aliphatic heterocycles. The van der Waals surface area contributed by atoms with Crippen LogP contribution >= 0.6 is 0 Å². The van der Waals surface area contributed by atoms with Gasteiger partial charge >= 0.3 is 0 Å². The van der Waals surface area contributed by atoms with E-state index in [-0.39, 0.29) is 5.56 Å². The molecule has 0 saturated heterocycles. The summed E-state index contributed by atoms with van der Waals surface area (Å²) in [5.74, 6) is 0. The summed E-state index contributed by atoms with van der Waals surface area (Å²) in [6, 6.07) is 11.5. The highest BCUT2D eigenvalue weighted by Crippen LogP contribution is 2.22. The zero-order valence-electron chi connectivity index (χ0n) is 11.2. The van der Waals surface area contributed by atoms with Gasteiger partial charge in [0.25, 0.3) is 5.56 Å². The van der Waals surface area contributed by atoms with Crippen LogP contribution in [-0.2, 0) is 7.05 Å². The van der Waals surface area contributed by atoms with Crippen molar-refractivity contribution >= 4 is 11.0 Å². The molecule has 0 spiro atoms. The topological polar surface area (TPSA) is 39.8 Å². The van der Waals surface area contributed by atoms with E-state index in [9.17, 15) is 4.79 Å². The number of hydrogen-bond donors (Lipinski definition) is 0. The summed E-state index contributed by atoms with van der Waals surface area (Å²) in [4.78, 5) is 12.0. The molecule has 0 fully saturated rings. The fourth-order valence-electron chi connectivity index (χ4n) is 2.49. The second kappa shape index (κ2) is 4.09. The summed E-state index contributed by atoms with van der Waals surface area (Å²) in [7, 11) is 1.78. The average Bonchev–Trinajstić information content (AvgIpc) is 2.75. The second-order valence-electron chi connectivity index (χ2n) is 4.76. The lowest BCUT2D eigenvalue weighted by atomic mass is 10.1. The Hall–Kier alpha value is -2.36. The first kappa shape index (κ1) is 11.7. The molecule has 0 unspecified atom stereocenters. The first-order chi connectivity index (χ1) is 9.09. The van der Waals surface area contributed by atoms with Gasteiger partial charge in [0.2, 0.25) is 0 Å². The van der Waals surface area contributed by atoms with Crippen molar-refractivity contribution in [3.8, 4) is 5.69 Å². The third-order valence-corrected chi connectivity index (χ3v) is 3.42. The number of aromatic nitrogens is 3. The molecule has 96 valence electrons. The SMILES string of the molecule is Cc1cc(=O)n(C)c2c1c(C)nn2-c1ccccc1. The minimum Gasteiger partial charge on any atom is -0.296 e. The predicted molar refractivity (Wildman–Crippen MR) is 75.8 cm³/mol. The van der Waals surface area contributed by atoms with Gasteiger partial charge in [-0.1, -0.05) is 18.2 Å². The van der Waals surface area contributed by atoms with E-state index in [2.05, 4.69) is 5.10 Å². The summed E-state index contributed by atoms with van der Waals surface area (Å²) in [5.41, 5.74) is 3.70. The molecule has 4 heteroatoms. The Bertz CT molecular complexity index is 813. The van der Waals surface area contributed by atoms with E-state index < -0.39 is 0 Å². The molecule has 0 aliphatic carbocycles. The number of fused-ring (bicyclic) bond motifs is 1. The summed E-state index contributed by atoms with van der Waals surface area (Å²) in [5, 5.41) is 5.63. The molecular formula is C15H15N3O. The number of aryl methyl sites for hydroxylation is 3. The first-order valence-corrected chi connectivity index (χ1v) is 6.21. The van der Waals surface area contributed by atoms with Crippen molar-refractivity contribution in [3.63, 3.8) is 0 Å². The summed E-state index contributed by atoms with van der Waals surface area (Å²) < 4.78 is 3.48. The van der Waals surface area contributed by atoms with Gasteiger partial charge in [0, 0.05) is 18.5 Å². The summed E-state index contributed by atoms with van der Waals surface area (Å²) in [6.45, 7) is 3.92. The third kappa shape index (κ3) is 1.68. The molecule has 0 bridgehead atoms. The second-order valence-corrected chi connectivity index (χ2v) is 4.76. The number of para-hydroxylation sites is 1.